The molecule has 0 aliphatic heterocycles. The molecule has 4 rings (SSSR count). The fraction of sp³-hybridized carbons (Fsp3) is 0.818. The molecule has 0 spiro atoms. The van der Waals surface area contributed by atoms with E-state index in [2.05, 4.69) is 13.8 Å². The van der Waals surface area contributed by atoms with Gasteiger partial charge in [0.2, 0.25) is 0 Å². The Bertz CT molecular complexity index is 667. The fourth-order valence-electron chi connectivity index (χ4n) is 7.65. The Morgan fingerprint density at radius 1 is 1.19 bits per heavy atom. The fourth-order valence-corrected chi connectivity index (χ4v) is 7.65. The van der Waals surface area contributed by atoms with Gasteiger partial charge in [-0.15, -0.1) is 0 Å². The summed E-state index contributed by atoms with van der Waals surface area (Å²) < 4.78 is 0. The summed E-state index contributed by atoms with van der Waals surface area (Å²) in [5.41, 5.74) is 1.32. The maximum Gasteiger partial charge on any atom is 0.306 e. The molecule has 0 aromatic heterocycles. The average Bonchev–Trinajstić information content (AvgIpc) is 2.92. The Labute approximate surface area is 156 Å². The minimum atomic E-state index is -0.848. The maximum absolute atomic E-state index is 12.0. The largest absolute Gasteiger partial charge is 0.481 e. The van der Waals surface area contributed by atoms with Crippen LogP contribution in [-0.4, -0.2) is 28.1 Å². The molecule has 4 aliphatic rings. The highest BCUT2D eigenvalue weighted by molar-refractivity contribution is 5.95. The van der Waals surface area contributed by atoms with Crippen molar-refractivity contribution in [2.75, 3.05) is 0 Å². The number of aliphatic carboxylic acids is 1. The number of hydrogen-bond donors (Lipinski definition) is 2. The van der Waals surface area contributed by atoms with Crippen LogP contribution in [-0.2, 0) is 9.59 Å². The number of aliphatic hydroxyl groups is 1. The predicted molar refractivity (Wildman–Crippen MR) is 98.4 cm³/mol. The molecule has 1 unspecified atom stereocenters. The number of carbonyl (C=O) groups is 2. The highest BCUT2D eigenvalue weighted by Crippen LogP contribution is 2.67. The van der Waals surface area contributed by atoms with E-state index in [1.165, 1.54) is 5.57 Å². The van der Waals surface area contributed by atoms with Gasteiger partial charge in [0, 0.05) is 0 Å². The van der Waals surface area contributed by atoms with E-state index in [9.17, 15) is 19.8 Å². The monoisotopic (exact) mass is 360 g/mol. The van der Waals surface area contributed by atoms with E-state index in [0.29, 0.717) is 24.2 Å². The Hall–Kier alpha value is -1.16. The first-order valence-electron chi connectivity index (χ1n) is 10.3. The Morgan fingerprint density at radius 2 is 1.92 bits per heavy atom. The van der Waals surface area contributed by atoms with E-state index in [0.717, 1.165) is 38.5 Å². The number of allylic oxidation sites excluding steroid dienone is 1. The van der Waals surface area contributed by atoms with Crippen LogP contribution in [0.3, 0.4) is 0 Å². The Kier molecular flexibility index (Phi) is 4.15. The quantitative estimate of drug-likeness (QED) is 0.785. The van der Waals surface area contributed by atoms with Crippen molar-refractivity contribution in [2.45, 2.75) is 71.8 Å². The van der Waals surface area contributed by atoms with E-state index >= 15 is 0 Å². The van der Waals surface area contributed by atoms with Crippen molar-refractivity contribution in [3.05, 3.63) is 11.6 Å². The van der Waals surface area contributed by atoms with Crippen molar-refractivity contribution in [1.29, 1.82) is 0 Å². The molecule has 0 aromatic carbocycles. The lowest BCUT2D eigenvalue weighted by Crippen LogP contribution is -2.52. The molecule has 4 aliphatic carbocycles. The number of rotatable bonds is 2. The molecule has 4 nitrogen and oxygen atoms in total. The second-order valence-corrected chi connectivity index (χ2v) is 9.98. The number of fused-ring (bicyclic) bond motifs is 5. The van der Waals surface area contributed by atoms with Crippen molar-refractivity contribution >= 4 is 11.8 Å². The Morgan fingerprint density at radius 3 is 2.62 bits per heavy atom. The summed E-state index contributed by atoms with van der Waals surface area (Å²) >= 11 is 0. The number of carboxylic acids is 1. The standard InChI is InChI=1S/C22H32O4/c1-12(20(25)26)15-6-7-16-14-5-4-13-10-18(23)19(24)11-22(13,3)17(14)8-9-21(15,16)2/h10,12,14-17,19,24H,4-9,11H2,1-3H3,(H,25,26)/t12-,14-,15+,16-,17-,19?,21+,22-/m0/s1. The van der Waals surface area contributed by atoms with E-state index in [1.54, 1.807) is 6.08 Å². The van der Waals surface area contributed by atoms with Crippen LogP contribution in [0.2, 0.25) is 0 Å². The van der Waals surface area contributed by atoms with Crippen molar-refractivity contribution in [3.8, 4) is 0 Å². The zero-order chi connectivity index (χ0) is 18.9. The summed E-state index contributed by atoms with van der Waals surface area (Å²) in [5.74, 6) is 0.923. The number of hydrogen-bond acceptors (Lipinski definition) is 3. The van der Waals surface area contributed by atoms with Gasteiger partial charge in [-0.1, -0.05) is 26.3 Å². The molecule has 0 radical (unpaired) electrons. The van der Waals surface area contributed by atoms with Crippen molar-refractivity contribution < 1.29 is 19.8 Å². The molecule has 0 heterocycles. The van der Waals surface area contributed by atoms with Gasteiger partial charge in [-0.05, 0) is 85.5 Å². The van der Waals surface area contributed by atoms with Crippen LogP contribution in [0.1, 0.15) is 65.7 Å². The van der Waals surface area contributed by atoms with Gasteiger partial charge < -0.3 is 10.2 Å². The van der Waals surface area contributed by atoms with Crippen LogP contribution in [0.4, 0.5) is 0 Å². The van der Waals surface area contributed by atoms with Crippen LogP contribution in [0, 0.1) is 40.4 Å². The van der Waals surface area contributed by atoms with E-state index in [-0.39, 0.29) is 28.4 Å². The van der Waals surface area contributed by atoms with E-state index in [1.807, 2.05) is 6.92 Å². The minimum Gasteiger partial charge on any atom is -0.481 e. The number of aliphatic hydroxyl groups excluding tert-OH is 1. The predicted octanol–water partition coefficient (Wildman–Crippen LogP) is 3.83. The van der Waals surface area contributed by atoms with Crippen molar-refractivity contribution in [1.82, 2.24) is 0 Å². The van der Waals surface area contributed by atoms with Gasteiger partial charge in [0.25, 0.3) is 0 Å². The average molecular weight is 360 g/mol. The minimum absolute atomic E-state index is 0.0614. The summed E-state index contributed by atoms with van der Waals surface area (Å²) in [5, 5.41) is 19.8. The SMILES string of the molecule is C[C@H](C(=O)O)[C@H]1CC[C@H]2[C@@H]3CCC4=CC(=O)C(O)C[C@]4(C)[C@H]3CC[C@]12C. The molecular weight excluding hydrogens is 328 g/mol. The van der Waals surface area contributed by atoms with Crippen LogP contribution in [0.5, 0.6) is 0 Å². The summed E-state index contributed by atoms with van der Waals surface area (Å²) in [7, 11) is 0. The van der Waals surface area contributed by atoms with Gasteiger partial charge in [-0.2, -0.15) is 0 Å². The molecule has 26 heavy (non-hydrogen) atoms. The lowest BCUT2D eigenvalue weighted by molar-refractivity contribution is -0.146. The topological polar surface area (TPSA) is 74.6 Å². The summed E-state index contributed by atoms with van der Waals surface area (Å²) in [6.45, 7) is 6.50. The lowest BCUT2D eigenvalue weighted by Gasteiger charge is -2.58. The molecular formula is C22H32O4. The summed E-state index contributed by atoms with van der Waals surface area (Å²) in [6, 6.07) is 0. The second-order valence-electron chi connectivity index (χ2n) is 9.98. The number of carboxylic acid groups (broad SMARTS) is 1. The van der Waals surface area contributed by atoms with Gasteiger partial charge in [0.05, 0.1) is 5.92 Å². The molecule has 144 valence electrons. The molecule has 0 bridgehead atoms. The van der Waals surface area contributed by atoms with Crippen molar-refractivity contribution in [2.24, 2.45) is 40.4 Å². The normalized spacial score (nSPS) is 48.8. The van der Waals surface area contributed by atoms with Crippen molar-refractivity contribution in [3.63, 3.8) is 0 Å². The molecule has 4 heteroatoms. The molecule has 3 saturated carbocycles. The Balaban J connectivity index is 1.64. The molecule has 0 aromatic rings. The van der Waals surface area contributed by atoms with Crippen LogP contribution >= 0.6 is 0 Å². The summed E-state index contributed by atoms with van der Waals surface area (Å²) in [4.78, 5) is 23.6. The maximum atomic E-state index is 12.0. The van der Waals surface area contributed by atoms with Crippen LogP contribution < -0.4 is 0 Å². The second kappa shape index (κ2) is 5.92. The first-order valence-corrected chi connectivity index (χ1v) is 10.3. The van der Waals surface area contributed by atoms with Gasteiger partial charge in [0.1, 0.15) is 6.10 Å². The first kappa shape index (κ1) is 18.2. The first-order chi connectivity index (χ1) is 12.2. The third kappa shape index (κ3) is 2.37. The molecule has 0 amide bonds. The van der Waals surface area contributed by atoms with Gasteiger partial charge >= 0.3 is 5.97 Å². The molecule has 0 saturated heterocycles. The van der Waals surface area contributed by atoms with Gasteiger partial charge in [-0.25, -0.2) is 0 Å². The number of carbonyl (C=O) groups excluding carboxylic acids is 1. The zero-order valence-electron chi connectivity index (χ0n) is 16.2. The summed E-state index contributed by atoms with van der Waals surface area (Å²) in [6.07, 6.45) is 7.86. The highest BCUT2D eigenvalue weighted by atomic mass is 16.4. The lowest BCUT2D eigenvalue weighted by atomic mass is 9.46. The zero-order valence-corrected chi connectivity index (χ0v) is 16.2. The third-order valence-corrected chi connectivity index (χ3v) is 9.06. The van der Waals surface area contributed by atoms with Crippen LogP contribution in [0.25, 0.3) is 0 Å². The number of ketones is 1. The molecule has 2 N–H and O–H groups in total. The van der Waals surface area contributed by atoms with E-state index < -0.39 is 12.1 Å². The van der Waals surface area contributed by atoms with E-state index in [4.69, 9.17) is 0 Å². The van der Waals surface area contributed by atoms with Gasteiger partial charge in [-0.3, -0.25) is 9.59 Å². The third-order valence-electron chi connectivity index (χ3n) is 9.06. The van der Waals surface area contributed by atoms with Gasteiger partial charge in [0.15, 0.2) is 5.78 Å². The highest BCUT2D eigenvalue weighted by Gasteiger charge is 2.60. The van der Waals surface area contributed by atoms with Crippen LogP contribution in [0.15, 0.2) is 11.6 Å². The molecule has 8 atom stereocenters. The smallest absolute Gasteiger partial charge is 0.306 e. The molecule has 3 fully saturated rings.